The molecule has 0 radical (unpaired) electrons. The normalized spacial score (nSPS) is 11.6. The molecule has 102 valence electrons. The minimum absolute atomic E-state index is 1.33. The van der Waals surface area contributed by atoms with Gasteiger partial charge in [0.05, 0.1) is 0 Å². The van der Waals surface area contributed by atoms with E-state index >= 15 is 0 Å². The molecule has 0 aliphatic carbocycles. The third kappa shape index (κ3) is 1.76. The van der Waals surface area contributed by atoms with Gasteiger partial charge >= 0.3 is 0 Å². The van der Waals surface area contributed by atoms with Crippen molar-refractivity contribution in [3.8, 4) is 0 Å². The fourth-order valence-corrected chi connectivity index (χ4v) is 3.67. The van der Waals surface area contributed by atoms with Gasteiger partial charge in [0, 0.05) is 0 Å². The standard InChI is InChI=1S/C21H18/c1-13-10-14(2)20-17(11-13)8-9-19-18-7-5-4-6-16(18)12-15(3)21(19)20/h4-12H,1-3H3. The zero-order chi connectivity index (χ0) is 14.6. The summed E-state index contributed by atoms with van der Waals surface area (Å²) in [6, 6.07) is 20.1. The molecular weight excluding hydrogens is 252 g/mol. The van der Waals surface area contributed by atoms with Crippen molar-refractivity contribution < 1.29 is 0 Å². The molecule has 0 fully saturated rings. The Morgan fingerprint density at radius 3 is 2.19 bits per heavy atom. The van der Waals surface area contributed by atoms with E-state index < -0.39 is 0 Å². The van der Waals surface area contributed by atoms with Gasteiger partial charge in [0.1, 0.15) is 0 Å². The second-order valence-corrected chi connectivity index (χ2v) is 6.08. The van der Waals surface area contributed by atoms with Crippen LogP contribution >= 0.6 is 0 Å². The van der Waals surface area contributed by atoms with Gasteiger partial charge in [-0.1, -0.05) is 60.2 Å². The highest BCUT2D eigenvalue weighted by atomic mass is 14.1. The zero-order valence-electron chi connectivity index (χ0n) is 12.7. The summed E-state index contributed by atoms with van der Waals surface area (Å²) in [4.78, 5) is 0. The summed E-state index contributed by atoms with van der Waals surface area (Å²) in [5.74, 6) is 0. The van der Waals surface area contributed by atoms with Crippen LogP contribution in [0.1, 0.15) is 16.7 Å². The summed E-state index contributed by atoms with van der Waals surface area (Å²) >= 11 is 0. The summed E-state index contributed by atoms with van der Waals surface area (Å²) < 4.78 is 0. The predicted molar refractivity (Wildman–Crippen MR) is 93.2 cm³/mol. The molecule has 0 heteroatoms. The Morgan fingerprint density at radius 1 is 0.571 bits per heavy atom. The molecule has 0 nitrogen and oxygen atoms in total. The molecule has 0 aliphatic heterocycles. The van der Waals surface area contributed by atoms with E-state index in [1.807, 2.05) is 0 Å². The molecule has 0 spiro atoms. The Labute approximate surface area is 125 Å². The number of hydrogen-bond donors (Lipinski definition) is 0. The largest absolute Gasteiger partial charge is 0.0616 e. The van der Waals surface area contributed by atoms with Crippen LogP contribution in [0.5, 0.6) is 0 Å². The second kappa shape index (κ2) is 4.33. The molecule has 0 unspecified atom stereocenters. The predicted octanol–water partition coefficient (Wildman–Crippen LogP) is 6.07. The van der Waals surface area contributed by atoms with Crippen LogP contribution < -0.4 is 0 Å². The molecule has 0 bridgehead atoms. The van der Waals surface area contributed by atoms with Crippen LogP contribution in [0.25, 0.3) is 32.3 Å². The van der Waals surface area contributed by atoms with Gasteiger partial charge in [-0.05, 0) is 64.2 Å². The Morgan fingerprint density at radius 2 is 1.33 bits per heavy atom. The Bertz CT molecular complexity index is 1010. The summed E-state index contributed by atoms with van der Waals surface area (Å²) in [6.45, 7) is 6.63. The lowest BCUT2D eigenvalue weighted by Gasteiger charge is -2.13. The highest BCUT2D eigenvalue weighted by molar-refractivity contribution is 6.19. The van der Waals surface area contributed by atoms with Crippen LogP contribution in [-0.4, -0.2) is 0 Å². The van der Waals surface area contributed by atoms with E-state index in [0.717, 1.165) is 0 Å². The van der Waals surface area contributed by atoms with Crippen molar-refractivity contribution in [1.82, 2.24) is 0 Å². The van der Waals surface area contributed by atoms with Crippen LogP contribution in [0.2, 0.25) is 0 Å². The van der Waals surface area contributed by atoms with E-state index in [-0.39, 0.29) is 0 Å². The molecule has 0 atom stereocenters. The van der Waals surface area contributed by atoms with E-state index in [1.165, 1.54) is 49.0 Å². The first-order valence-corrected chi connectivity index (χ1v) is 7.47. The van der Waals surface area contributed by atoms with Gasteiger partial charge in [0.25, 0.3) is 0 Å². The van der Waals surface area contributed by atoms with Crippen molar-refractivity contribution in [2.45, 2.75) is 20.8 Å². The fourth-order valence-electron chi connectivity index (χ4n) is 3.67. The quantitative estimate of drug-likeness (QED) is 0.340. The first-order chi connectivity index (χ1) is 10.1. The van der Waals surface area contributed by atoms with Gasteiger partial charge in [-0.2, -0.15) is 0 Å². The van der Waals surface area contributed by atoms with Crippen molar-refractivity contribution >= 4 is 32.3 Å². The molecule has 4 rings (SSSR count). The third-order valence-corrected chi connectivity index (χ3v) is 4.48. The number of aryl methyl sites for hydroxylation is 3. The lowest BCUT2D eigenvalue weighted by Crippen LogP contribution is -1.88. The summed E-state index contributed by atoms with van der Waals surface area (Å²) in [6.07, 6.45) is 0. The van der Waals surface area contributed by atoms with Crippen molar-refractivity contribution in [2.24, 2.45) is 0 Å². The maximum absolute atomic E-state index is 2.32. The molecule has 4 aromatic rings. The monoisotopic (exact) mass is 270 g/mol. The number of fused-ring (bicyclic) bond motifs is 5. The topological polar surface area (TPSA) is 0 Å². The van der Waals surface area contributed by atoms with Gasteiger partial charge in [0.2, 0.25) is 0 Å². The molecule has 0 aliphatic rings. The van der Waals surface area contributed by atoms with Gasteiger partial charge in [0.15, 0.2) is 0 Å². The molecule has 21 heavy (non-hydrogen) atoms. The van der Waals surface area contributed by atoms with Crippen molar-refractivity contribution in [2.75, 3.05) is 0 Å². The Hall–Kier alpha value is -2.34. The van der Waals surface area contributed by atoms with Gasteiger partial charge in [-0.15, -0.1) is 0 Å². The molecule has 0 aromatic heterocycles. The molecule has 0 amide bonds. The zero-order valence-corrected chi connectivity index (χ0v) is 12.7. The maximum Gasteiger partial charge on any atom is -0.00670 e. The Kier molecular flexibility index (Phi) is 2.56. The highest BCUT2D eigenvalue weighted by Crippen LogP contribution is 2.35. The molecule has 0 saturated carbocycles. The van der Waals surface area contributed by atoms with Crippen LogP contribution in [0.4, 0.5) is 0 Å². The Balaban J connectivity index is 2.34. The first kappa shape index (κ1) is 12.4. The summed E-state index contributed by atoms with van der Waals surface area (Å²) in [5.41, 5.74) is 4.06. The average Bonchev–Trinajstić information content (AvgIpc) is 2.46. The smallest absolute Gasteiger partial charge is 0.00670 e. The lowest BCUT2D eigenvalue weighted by molar-refractivity contribution is 1.43. The van der Waals surface area contributed by atoms with Gasteiger partial charge in [-0.25, -0.2) is 0 Å². The molecule has 0 heterocycles. The van der Waals surface area contributed by atoms with Crippen molar-refractivity contribution in [1.29, 1.82) is 0 Å². The molecule has 0 N–H and O–H groups in total. The van der Waals surface area contributed by atoms with Gasteiger partial charge in [-0.3, -0.25) is 0 Å². The van der Waals surface area contributed by atoms with E-state index in [4.69, 9.17) is 0 Å². The number of benzene rings is 4. The number of hydrogen-bond acceptors (Lipinski definition) is 0. The first-order valence-electron chi connectivity index (χ1n) is 7.47. The van der Waals surface area contributed by atoms with Crippen molar-refractivity contribution in [3.63, 3.8) is 0 Å². The minimum Gasteiger partial charge on any atom is -0.0616 e. The van der Waals surface area contributed by atoms with Gasteiger partial charge < -0.3 is 0 Å². The summed E-state index contributed by atoms with van der Waals surface area (Å²) in [7, 11) is 0. The van der Waals surface area contributed by atoms with E-state index in [1.54, 1.807) is 0 Å². The molecule has 0 saturated heterocycles. The van der Waals surface area contributed by atoms with E-state index in [2.05, 4.69) is 75.4 Å². The molecular formula is C21H18. The third-order valence-electron chi connectivity index (χ3n) is 4.48. The minimum atomic E-state index is 1.33. The van der Waals surface area contributed by atoms with E-state index in [9.17, 15) is 0 Å². The lowest BCUT2D eigenvalue weighted by atomic mass is 9.91. The molecule has 4 aromatic carbocycles. The van der Waals surface area contributed by atoms with Crippen LogP contribution in [-0.2, 0) is 0 Å². The van der Waals surface area contributed by atoms with Crippen LogP contribution in [0, 0.1) is 20.8 Å². The number of rotatable bonds is 0. The second-order valence-electron chi connectivity index (χ2n) is 6.08. The van der Waals surface area contributed by atoms with E-state index in [0.29, 0.717) is 0 Å². The fraction of sp³-hybridized carbons (Fsp3) is 0.143. The van der Waals surface area contributed by atoms with Crippen LogP contribution in [0.15, 0.2) is 54.6 Å². The maximum atomic E-state index is 2.32. The highest BCUT2D eigenvalue weighted by Gasteiger charge is 2.09. The summed E-state index contributed by atoms with van der Waals surface area (Å²) in [5, 5.41) is 8.19. The SMILES string of the molecule is Cc1cc(C)c2c(ccc3c4ccccc4cc(C)c32)c1. The van der Waals surface area contributed by atoms with Crippen molar-refractivity contribution in [3.05, 3.63) is 71.3 Å². The average molecular weight is 270 g/mol. The van der Waals surface area contributed by atoms with Crippen LogP contribution in [0.3, 0.4) is 0 Å².